The third kappa shape index (κ3) is 3.32. The van der Waals surface area contributed by atoms with Crippen molar-refractivity contribution in [2.24, 2.45) is 0 Å². The number of hydrogen-bond acceptors (Lipinski definition) is 5. The first kappa shape index (κ1) is 17.1. The molecule has 2 fully saturated rings. The van der Waals surface area contributed by atoms with Crippen LogP contribution >= 0.6 is 0 Å². The standard InChI is InChI=1S/C20H25N3O3/c1-13-19(14(2)26-22-13)5-6-20(24)23-15-3-4-16(23)12-18(11-15)25-17-7-9-21-10-8-17/h7-10,15-16,18H,3-6,11-12H2,1-2H3. The van der Waals surface area contributed by atoms with Crippen LogP contribution in [-0.2, 0) is 11.2 Å². The Morgan fingerprint density at radius 1 is 1.23 bits per heavy atom. The summed E-state index contributed by atoms with van der Waals surface area (Å²) in [7, 11) is 0. The van der Waals surface area contributed by atoms with Gasteiger partial charge in [-0.05, 0) is 45.2 Å². The van der Waals surface area contributed by atoms with Gasteiger partial charge in [-0.15, -0.1) is 0 Å². The zero-order valence-corrected chi connectivity index (χ0v) is 15.4. The molecule has 2 aliphatic heterocycles. The Kier molecular flexibility index (Phi) is 4.66. The molecule has 0 saturated carbocycles. The van der Waals surface area contributed by atoms with E-state index in [9.17, 15) is 4.79 Å². The summed E-state index contributed by atoms with van der Waals surface area (Å²) >= 11 is 0. The summed E-state index contributed by atoms with van der Waals surface area (Å²) in [5, 5.41) is 3.98. The minimum atomic E-state index is 0.182. The third-order valence-electron chi connectivity index (χ3n) is 5.70. The Morgan fingerprint density at radius 3 is 2.54 bits per heavy atom. The summed E-state index contributed by atoms with van der Waals surface area (Å²) in [4.78, 5) is 19.0. The second kappa shape index (κ2) is 7.09. The molecule has 6 nitrogen and oxygen atoms in total. The van der Waals surface area contributed by atoms with Crippen LogP contribution in [0.2, 0.25) is 0 Å². The van der Waals surface area contributed by atoms with Gasteiger partial charge in [-0.1, -0.05) is 5.16 Å². The number of aryl methyl sites for hydroxylation is 2. The van der Waals surface area contributed by atoms with Crippen LogP contribution in [0, 0.1) is 13.8 Å². The molecule has 26 heavy (non-hydrogen) atoms. The molecule has 2 aromatic rings. The maximum atomic E-state index is 12.9. The number of amides is 1. The van der Waals surface area contributed by atoms with E-state index in [2.05, 4.69) is 15.0 Å². The lowest BCUT2D eigenvalue weighted by Crippen LogP contribution is -2.49. The fraction of sp³-hybridized carbons (Fsp3) is 0.550. The number of hydrogen-bond donors (Lipinski definition) is 0. The van der Waals surface area contributed by atoms with Gasteiger partial charge >= 0.3 is 0 Å². The highest BCUT2D eigenvalue weighted by Gasteiger charge is 2.43. The van der Waals surface area contributed by atoms with E-state index in [1.807, 2.05) is 26.0 Å². The normalized spacial score (nSPS) is 24.7. The average Bonchev–Trinajstić information content (AvgIpc) is 3.10. The van der Waals surface area contributed by atoms with E-state index in [-0.39, 0.29) is 12.0 Å². The van der Waals surface area contributed by atoms with Gasteiger partial charge in [-0.3, -0.25) is 9.78 Å². The number of rotatable bonds is 5. The van der Waals surface area contributed by atoms with Crippen molar-refractivity contribution in [3.05, 3.63) is 41.5 Å². The van der Waals surface area contributed by atoms with Crippen molar-refractivity contribution in [2.75, 3.05) is 0 Å². The Hall–Kier alpha value is -2.37. The van der Waals surface area contributed by atoms with Gasteiger partial charge in [-0.25, -0.2) is 0 Å². The average molecular weight is 355 g/mol. The van der Waals surface area contributed by atoms with E-state index >= 15 is 0 Å². The largest absolute Gasteiger partial charge is 0.490 e. The van der Waals surface area contributed by atoms with Gasteiger partial charge in [0.15, 0.2) is 0 Å². The van der Waals surface area contributed by atoms with Gasteiger partial charge in [0.25, 0.3) is 0 Å². The molecule has 2 atom stereocenters. The number of piperidine rings is 1. The molecule has 4 heterocycles. The lowest BCUT2D eigenvalue weighted by atomic mass is 9.98. The van der Waals surface area contributed by atoms with E-state index in [4.69, 9.17) is 9.26 Å². The van der Waals surface area contributed by atoms with Gasteiger partial charge in [0.2, 0.25) is 5.91 Å². The molecule has 0 spiro atoms. The molecule has 0 aliphatic carbocycles. The van der Waals surface area contributed by atoms with Gasteiger partial charge in [-0.2, -0.15) is 0 Å². The summed E-state index contributed by atoms with van der Waals surface area (Å²) in [6.07, 6.45) is 8.89. The van der Waals surface area contributed by atoms with E-state index in [1.165, 1.54) is 0 Å². The quantitative estimate of drug-likeness (QED) is 0.824. The third-order valence-corrected chi connectivity index (χ3v) is 5.70. The first-order chi connectivity index (χ1) is 12.6. The zero-order chi connectivity index (χ0) is 18.1. The topological polar surface area (TPSA) is 68.5 Å². The lowest BCUT2D eigenvalue weighted by Gasteiger charge is -2.39. The minimum absolute atomic E-state index is 0.182. The van der Waals surface area contributed by atoms with Crippen molar-refractivity contribution in [3.63, 3.8) is 0 Å². The van der Waals surface area contributed by atoms with Crippen LogP contribution < -0.4 is 4.74 Å². The Bertz CT molecular complexity index is 740. The van der Waals surface area contributed by atoms with E-state index in [0.29, 0.717) is 24.9 Å². The summed E-state index contributed by atoms with van der Waals surface area (Å²) in [5.74, 6) is 1.94. The van der Waals surface area contributed by atoms with Crippen LogP contribution in [0.3, 0.4) is 0 Å². The molecule has 6 heteroatoms. The number of pyridine rings is 1. The molecule has 2 saturated heterocycles. The van der Waals surface area contributed by atoms with Crippen LogP contribution in [-0.4, -0.2) is 39.1 Å². The lowest BCUT2D eigenvalue weighted by molar-refractivity contribution is -0.137. The maximum absolute atomic E-state index is 12.9. The maximum Gasteiger partial charge on any atom is 0.223 e. The van der Waals surface area contributed by atoms with Crippen molar-refractivity contribution < 1.29 is 14.1 Å². The Balaban J connectivity index is 1.36. The number of nitrogens with zero attached hydrogens (tertiary/aromatic N) is 3. The number of ether oxygens (including phenoxy) is 1. The summed E-state index contributed by atoms with van der Waals surface area (Å²) in [6.45, 7) is 3.84. The van der Waals surface area contributed by atoms with Crippen LogP contribution in [0.15, 0.2) is 29.0 Å². The zero-order valence-electron chi connectivity index (χ0n) is 15.4. The fourth-order valence-electron chi connectivity index (χ4n) is 4.46. The van der Waals surface area contributed by atoms with Crippen molar-refractivity contribution in [1.29, 1.82) is 0 Å². The second-order valence-corrected chi connectivity index (χ2v) is 7.38. The SMILES string of the molecule is Cc1noc(C)c1CCC(=O)N1C2CCC1CC(Oc1ccncc1)C2. The highest BCUT2D eigenvalue weighted by Crippen LogP contribution is 2.37. The molecule has 4 rings (SSSR count). The molecular weight excluding hydrogens is 330 g/mol. The molecule has 2 unspecified atom stereocenters. The molecule has 1 amide bonds. The van der Waals surface area contributed by atoms with Crippen molar-refractivity contribution in [1.82, 2.24) is 15.0 Å². The highest BCUT2D eigenvalue weighted by molar-refractivity contribution is 5.77. The molecule has 2 bridgehead atoms. The molecule has 0 radical (unpaired) electrons. The van der Waals surface area contributed by atoms with Crippen LogP contribution in [0.25, 0.3) is 0 Å². The van der Waals surface area contributed by atoms with Crippen molar-refractivity contribution in [2.45, 2.75) is 70.6 Å². The van der Waals surface area contributed by atoms with Crippen LogP contribution in [0.5, 0.6) is 5.75 Å². The molecule has 138 valence electrons. The summed E-state index contributed by atoms with van der Waals surface area (Å²) < 4.78 is 11.3. The Labute approximate surface area is 153 Å². The van der Waals surface area contributed by atoms with Crippen LogP contribution in [0.4, 0.5) is 0 Å². The number of aromatic nitrogens is 2. The highest BCUT2D eigenvalue weighted by atomic mass is 16.5. The fourth-order valence-corrected chi connectivity index (χ4v) is 4.46. The molecule has 0 aromatic carbocycles. The summed E-state index contributed by atoms with van der Waals surface area (Å²) in [5.41, 5.74) is 1.96. The van der Waals surface area contributed by atoms with Crippen LogP contribution in [0.1, 0.15) is 49.1 Å². The second-order valence-electron chi connectivity index (χ2n) is 7.38. The van der Waals surface area contributed by atoms with E-state index < -0.39 is 0 Å². The predicted molar refractivity (Wildman–Crippen MR) is 95.8 cm³/mol. The van der Waals surface area contributed by atoms with E-state index in [0.717, 1.165) is 48.5 Å². The van der Waals surface area contributed by atoms with Crippen molar-refractivity contribution >= 4 is 5.91 Å². The molecule has 2 aliphatic rings. The molecule has 2 aromatic heterocycles. The number of carbonyl (C=O) groups is 1. The first-order valence-corrected chi connectivity index (χ1v) is 9.41. The summed E-state index contributed by atoms with van der Waals surface area (Å²) in [6, 6.07) is 4.39. The van der Waals surface area contributed by atoms with Gasteiger partial charge in [0.05, 0.1) is 5.69 Å². The van der Waals surface area contributed by atoms with Gasteiger partial charge in [0, 0.05) is 49.3 Å². The van der Waals surface area contributed by atoms with Gasteiger partial charge in [0.1, 0.15) is 17.6 Å². The van der Waals surface area contributed by atoms with Gasteiger partial charge < -0.3 is 14.2 Å². The first-order valence-electron chi connectivity index (χ1n) is 9.41. The monoisotopic (exact) mass is 355 g/mol. The van der Waals surface area contributed by atoms with Crippen molar-refractivity contribution in [3.8, 4) is 5.75 Å². The Morgan fingerprint density at radius 2 is 1.92 bits per heavy atom. The predicted octanol–water partition coefficient (Wildman–Crippen LogP) is 3.22. The number of fused-ring (bicyclic) bond motifs is 2. The molecular formula is C20H25N3O3. The van der Waals surface area contributed by atoms with E-state index in [1.54, 1.807) is 12.4 Å². The number of carbonyl (C=O) groups excluding carboxylic acids is 1. The molecule has 0 N–H and O–H groups in total. The minimum Gasteiger partial charge on any atom is -0.490 e. The smallest absolute Gasteiger partial charge is 0.223 e.